The second kappa shape index (κ2) is 13.9. The number of rotatable bonds is 15. The first kappa shape index (κ1) is 23.8. The van der Waals surface area contributed by atoms with Gasteiger partial charge in [-0.15, -0.1) is 0 Å². The molecule has 0 saturated heterocycles. The van der Waals surface area contributed by atoms with Gasteiger partial charge in [0.15, 0.2) is 0 Å². The molecule has 154 valence electrons. The Labute approximate surface area is 160 Å². The molecule has 0 saturated carbocycles. The fourth-order valence-electron chi connectivity index (χ4n) is 2.62. The highest BCUT2D eigenvalue weighted by Gasteiger charge is 2.17. The standard InChI is InChI=1S/C19H31O7P/c20-18(16-26-27(22,23)24)15-25-19(21)14-10-5-3-1-2-4-7-11-17-12-8-6-9-13-17/h6,8-9,12-13,18,20H,1-5,7,10-11,14-16H2,(H2,22,23,24)/t18-/m1/s1. The van der Waals surface area contributed by atoms with Gasteiger partial charge in [0.1, 0.15) is 12.7 Å². The lowest BCUT2D eigenvalue weighted by molar-refractivity contribution is -0.147. The van der Waals surface area contributed by atoms with Crippen LogP contribution in [0.3, 0.4) is 0 Å². The maximum Gasteiger partial charge on any atom is 0.469 e. The molecule has 7 nitrogen and oxygen atoms in total. The molecule has 1 aromatic rings. The number of carbonyl (C=O) groups is 1. The average Bonchev–Trinajstić information content (AvgIpc) is 2.63. The minimum atomic E-state index is -4.62. The number of aryl methyl sites for hydroxylation is 1. The van der Waals surface area contributed by atoms with E-state index in [1.807, 2.05) is 6.07 Å². The van der Waals surface area contributed by atoms with Gasteiger partial charge in [0.25, 0.3) is 0 Å². The van der Waals surface area contributed by atoms with E-state index in [0.29, 0.717) is 0 Å². The van der Waals surface area contributed by atoms with Crippen molar-refractivity contribution < 1.29 is 33.5 Å². The quantitative estimate of drug-likeness (QED) is 0.234. The third-order valence-electron chi connectivity index (χ3n) is 4.06. The molecule has 0 aliphatic carbocycles. The number of esters is 1. The number of benzene rings is 1. The van der Waals surface area contributed by atoms with E-state index in [1.54, 1.807) is 0 Å². The first-order valence-electron chi connectivity index (χ1n) is 9.44. The second-order valence-corrected chi connectivity index (χ2v) is 7.82. The SMILES string of the molecule is O=C(CCCCCCCCCc1ccccc1)OC[C@@H](O)COP(=O)(O)O. The van der Waals surface area contributed by atoms with Gasteiger partial charge in [0, 0.05) is 6.42 Å². The van der Waals surface area contributed by atoms with E-state index in [-0.39, 0.29) is 13.0 Å². The smallest absolute Gasteiger partial charge is 0.463 e. The first-order chi connectivity index (χ1) is 12.9. The van der Waals surface area contributed by atoms with Crippen LogP contribution < -0.4 is 0 Å². The van der Waals surface area contributed by atoms with Crippen LogP contribution in [0.25, 0.3) is 0 Å². The molecular weight excluding hydrogens is 371 g/mol. The van der Waals surface area contributed by atoms with Crippen LogP contribution in [0.15, 0.2) is 30.3 Å². The Balaban J connectivity index is 1.89. The molecule has 0 aliphatic rings. The van der Waals surface area contributed by atoms with E-state index in [0.717, 1.165) is 32.1 Å². The Hall–Kier alpha value is -1.24. The summed E-state index contributed by atoms with van der Waals surface area (Å²) < 4.78 is 19.5. The zero-order chi connectivity index (χ0) is 20.0. The molecule has 0 amide bonds. The van der Waals surface area contributed by atoms with Crippen LogP contribution in [-0.4, -0.2) is 40.2 Å². The summed E-state index contributed by atoms with van der Waals surface area (Å²) in [6, 6.07) is 10.5. The molecule has 8 heteroatoms. The van der Waals surface area contributed by atoms with Gasteiger partial charge in [-0.05, 0) is 24.8 Å². The number of aliphatic hydroxyl groups excluding tert-OH is 1. The Morgan fingerprint density at radius 3 is 2.15 bits per heavy atom. The summed E-state index contributed by atoms with van der Waals surface area (Å²) >= 11 is 0. The van der Waals surface area contributed by atoms with Crippen LogP contribution in [0.4, 0.5) is 0 Å². The molecule has 0 spiro atoms. The van der Waals surface area contributed by atoms with Crippen LogP contribution in [0, 0.1) is 0 Å². The van der Waals surface area contributed by atoms with Gasteiger partial charge >= 0.3 is 13.8 Å². The molecule has 0 radical (unpaired) electrons. The summed E-state index contributed by atoms with van der Waals surface area (Å²) in [5.74, 6) is -0.423. The number of unbranched alkanes of at least 4 members (excludes halogenated alkanes) is 6. The van der Waals surface area contributed by atoms with Gasteiger partial charge in [-0.3, -0.25) is 9.32 Å². The number of hydrogen-bond acceptors (Lipinski definition) is 5. The van der Waals surface area contributed by atoms with Gasteiger partial charge < -0.3 is 19.6 Å². The second-order valence-electron chi connectivity index (χ2n) is 6.58. The van der Waals surface area contributed by atoms with Crippen LogP contribution in [-0.2, 0) is 25.0 Å². The van der Waals surface area contributed by atoms with E-state index >= 15 is 0 Å². The van der Waals surface area contributed by atoms with Crippen molar-refractivity contribution in [3.05, 3.63) is 35.9 Å². The van der Waals surface area contributed by atoms with E-state index < -0.39 is 26.5 Å². The van der Waals surface area contributed by atoms with Gasteiger partial charge in [-0.2, -0.15) is 0 Å². The van der Waals surface area contributed by atoms with E-state index in [2.05, 4.69) is 28.8 Å². The molecule has 3 N–H and O–H groups in total. The van der Waals surface area contributed by atoms with Crippen molar-refractivity contribution in [3.63, 3.8) is 0 Å². The van der Waals surface area contributed by atoms with E-state index in [9.17, 15) is 14.5 Å². The zero-order valence-corrected chi connectivity index (χ0v) is 16.6. The van der Waals surface area contributed by atoms with Crippen LogP contribution in [0.2, 0.25) is 0 Å². The van der Waals surface area contributed by atoms with Crippen molar-refractivity contribution in [2.45, 2.75) is 63.9 Å². The van der Waals surface area contributed by atoms with E-state index in [1.165, 1.54) is 24.8 Å². The van der Waals surface area contributed by atoms with Crippen molar-refractivity contribution in [1.82, 2.24) is 0 Å². The lowest BCUT2D eigenvalue weighted by Crippen LogP contribution is -2.23. The Kier molecular flexibility index (Phi) is 12.2. The minimum absolute atomic E-state index is 0.278. The Bertz CT molecular complexity index is 558. The molecule has 0 bridgehead atoms. The molecule has 1 rings (SSSR count). The van der Waals surface area contributed by atoms with Crippen molar-refractivity contribution in [3.8, 4) is 0 Å². The number of ether oxygens (including phenoxy) is 1. The highest BCUT2D eigenvalue weighted by molar-refractivity contribution is 7.46. The van der Waals surface area contributed by atoms with Crippen LogP contribution in [0.5, 0.6) is 0 Å². The largest absolute Gasteiger partial charge is 0.469 e. The van der Waals surface area contributed by atoms with E-state index in [4.69, 9.17) is 14.5 Å². The van der Waals surface area contributed by atoms with Gasteiger partial charge in [0.05, 0.1) is 6.61 Å². The summed E-state index contributed by atoms with van der Waals surface area (Å²) in [6.45, 7) is -0.915. The first-order valence-corrected chi connectivity index (χ1v) is 11.0. The Morgan fingerprint density at radius 2 is 1.52 bits per heavy atom. The topological polar surface area (TPSA) is 113 Å². The average molecular weight is 402 g/mol. The van der Waals surface area contributed by atoms with Gasteiger partial charge in [-0.25, -0.2) is 4.57 Å². The summed E-state index contributed by atoms with van der Waals surface area (Å²) in [4.78, 5) is 28.5. The van der Waals surface area contributed by atoms with Gasteiger partial charge in [-0.1, -0.05) is 62.4 Å². The molecule has 1 aromatic carbocycles. The highest BCUT2D eigenvalue weighted by Crippen LogP contribution is 2.35. The molecule has 0 fully saturated rings. The van der Waals surface area contributed by atoms with Crippen molar-refractivity contribution in [1.29, 1.82) is 0 Å². The van der Waals surface area contributed by atoms with Crippen LogP contribution >= 0.6 is 7.82 Å². The summed E-state index contributed by atoms with van der Waals surface area (Å²) in [6.07, 6.45) is 7.68. The molecule has 0 unspecified atom stereocenters. The predicted octanol–water partition coefficient (Wildman–Crippen LogP) is 3.36. The minimum Gasteiger partial charge on any atom is -0.463 e. The predicted molar refractivity (Wildman–Crippen MR) is 102 cm³/mol. The fraction of sp³-hybridized carbons (Fsp3) is 0.632. The number of aliphatic hydroxyl groups is 1. The molecule has 1 atom stereocenters. The highest BCUT2D eigenvalue weighted by atomic mass is 31.2. The number of phosphoric ester groups is 1. The lowest BCUT2D eigenvalue weighted by atomic mass is 10.0. The third-order valence-corrected chi connectivity index (χ3v) is 4.55. The zero-order valence-electron chi connectivity index (χ0n) is 15.7. The number of carbonyl (C=O) groups excluding carboxylic acids is 1. The summed E-state index contributed by atoms with van der Waals surface area (Å²) in [5.41, 5.74) is 1.38. The number of phosphoric acid groups is 1. The van der Waals surface area contributed by atoms with Crippen molar-refractivity contribution in [2.75, 3.05) is 13.2 Å². The molecule has 0 heterocycles. The maximum absolute atomic E-state index is 11.5. The van der Waals surface area contributed by atoms with Crippen LogP contribution in [0.1, 0.15) is 56.9 Å². The van der Waals surface area contributed by atoms with Crippen molar-refractivity contribution >= 4 is 13.8 Å². The molecule has 0 aliphatic heterocycles. The molecule has 27 heavy (non-hydrogen) atoms. The normalized spacial score (nSPS) is 12.7. The third kappa shape index (κ3) is 14.5. The van der Waals surface area contributed by atoms with Crippen molar-refractivity contribution in [2.24, 2.45) is 0 Å². The lowest BCUT2D eigenvalue weighted by Gasteiger charge is -2.12. The molecular formula is C19H31O7P. The summed E-state index contributed by atoms with van der Waals surface area (Å²) in [5, 5.41) is 9.40. The fourth-order valence-corrected chi connectivity index (χ4v) is 2.99. The summed E-state index contributed by atoms with van der Waals surface area (Å²) in [7, 11) is -4.62. The monoisotopic (exact) mass is 402 g/mol. The Morgan fingerprint density at radius 1 is 0.926 bits per heavy atom. The molecule has 0 aromatic heterocycles. The van der Waals surface area contributed by atoms with Gasteiger partial charge in [0.2, 0.25) is 0 Å². The number of hydrogen-bond donors (Lipinski definition) is 3. The maximum atomic E-state index is 11.5.